The first kappa shape index (κ1) is 14.2. The fraction of sp³-hybridized carbons (Fsp3) is 0.500. The molecule has 4 nitrogen and oxygen atoms in total. The van der Waals surface area contributed by atoms with Crippen molar-refractivity contribution in [1.29, 1.82) is 0 Å². The number of anilines is 1. The van der Waals surface area contributed by atoms with E-state index in [4.69, 9.17) is 11.6 Å². The lowest BCUT2D eigenvalue weighted by Crippen LogP contribution is -2.45. The van der Waals surface area contributed by atoms with Gasteiger partial charge >= 0.3 is 6.03 Å². The van der Waals surface area contributed by atoms with Gasteiger partial charge in [-0.2, -0.15) is 0 Å². The van der Waals surface area contributed by atoms with E-state index in [1.165, 1.54) is 0 Å². The molecule has 0 aliphatic heterocycles. The van der Waals surface area contributed by atoms with E-state index in [-0.39, 0.29) is 12.6 Å². The lowest BCUT2D eigenvalue weighted by molar-refractivity contribution is 0.00755. The first-order chi connectivity index (χ1) is 9.09. The topological polar surface area (TPSA) is 61.4 Å². The van der Waals surface area contributed by atoms with Crippen LogP contribution >= 0.6 is 11.6 Å². The van der Waals surface area contributed by atoms with Crippen LogP contribution in [0.3, 0.4) is 0 Å². The molecule has 0 atom stereocenters. The maximum Gasteiger partial charge on any atom is 0.319 e. The van der Waals surface area contributed by atoms with Crippen LogP contribution in [0.25, 0.3) is 0 Å². The zero-order valence-electron chi connectivity index (χ0n) is 10.8. The van der Waals surface area contributed by atoms with E-state index in [0.717, 1.165) is 32.1 Å². The molecule has 0 spiro atoms. The minimum absolute atomic E-state index is 0.281. The van der Waals surface area contributed by atoms with Crippen LogP contribution in [0.1, 0.15) is 32.1 Å². The third kappa shape index (κ3) is 4.11. The molecule has 0 heterocycles. The summed E-state index contributed by atoms with van der Waals surface area (Å²) in [4.78, 5) is 11.8. The number of halogens is 1. The molecule has 104 valence electrons. The van der Waals surface area contributed by atoms with Crippen LogP contribution in [0.4, 0.5) is 10.5 Å². The lowest BCUT2D eigenvalue weighted by Gasteiger charge is -2.32. The SMILES string of the molecule is O=C(NCC1(O)CCCCC1)Nc1ccccc1Cl. The summed E-state index contributed by atoms with van der Waals surface area (Å²) in [5, 5.41) is 16.2. The van der Waals surface area contributed by atoms with Crippen molar-refractivity contribution >= 4 is 23.3 Å². The summed E-state index contributed by atoms with van der Waals surface area (Å²) in [6, 6.07) is 6.71. The zero-order chi connectivity index (χ0) is 13.7. The normalized spacial score (nSPS) is 17.8. The van der Waals surface area contributed by atoms with Gasteiger partial charge in [-0.15, -0.1) is 0 Å². The van der Waals surface area contributed by atoms with Crippen molar-refractivity contribution in [3.05, 3.63) is 29.3 Å². The Hall–Kier alpha value is -1.26. The largest absolute Gasteiger partial charge is 0.388 e. The highest BCUT2D eigenvalue weighted by molar-refractivity contribution is 6.33. The summed E-state index contributed by atoms with van der Waals surface area (Å²) >= 11 is 5.95. The molecule has 0 bridgehead atoms. The van der Waals surface area contributed by atoms with Crippen molar-refractivity contribution in [3.8, 4) is 0 Å². The second-order valence-corrected chi connectivity index (χ2v) is 5.48. The van der Waals surface area contributed by atoms with Crippen LogP contribution in [-0.2, 0) is 0 Å². The number of hydrogen-bond donors (Lipinski definition) is 3. The smallest absolute Gasteiger partial charge is 0.319 e. The first-order valence-corrected chi connectivity index (χ1v) is 6.99. The highest BCUT2D eigenvalue weighted by Gasteiger charge is 2.29. The van der Waals surface area contributed by atoms with Gasteiger partial charge in [-0.25, -0.2) is 4.79 Å². The van der Waals surface area contributed by atoms with E-state index < -0.39 is 5.60 Å². The number of rotatable bonds is 3. The second kappa shape index (κ2) is 6.26. The predicted molar refractivity (Wildman–Crippen MR) is 76.5 cm³/mol. The Morgan fingerprint density at radius 3 is 2.63 bits per heavy atom. The lowest BCUT2D eigenvalue weighted by atomic mass is 9.85. The molecule has 0 aromatic heterocycles. The van der Waals surface area contributed by atoms with Gasteiger partial charge in [-0.1, -0.05) is 43.0 Å². The Kier molecular flexibility index (Phi) is 4.66. The maximum atomic E-state index is 11.8. The maximum absolute atomic E-state index is 11.8. The average Bonchev–Trinajstić information content (AvgIpc) is 2.40. The molecule has 2 amide bonds. The molecule has 1 aromatic carbocycles. The van der Waals surface area contributed by atoms with Gasteiger partial charge in [0.05, 0.1) is 16.3 Å². The molecule has 0 unspecified atom stereocenters. The molecule has 1 saturated carbocycles. The van der Waals surface area contributed by atoms with Gasteiger partial charge in [0, 0.05) is 6.54 Å². The van der Waals surface area contributed by atoms with Crippen LogP contribution in [0.15, 0.2) is 24.3 Å². The molecule has 2 rings (SSSR count). The molecule has 3 N–H and O–H groups in total. The summed E-state index contributed by atoms with van der Waals surface area (Å²) in [6.07, 6.45) is 4.70. The number of aliphatic hydroxyl groups is 1. The van der Waals surface area contributed by atoms with Crippen molar-refractivity contribution in [1.82, 2.24) is 5.32 Å². The van der Waals surface area contributed by atoms with Gasteiger partial charge in [-0.3, -0.25) is 0 Å². The number of amides is 2. The molecule has 1 aliphatic carbocycles. The first-order valence-electron chi connectivity index (χ1n) is 6.61. The van der Waals surface area contributed by atoms with Gasteiger partial charge in [0.15, 0.2) is 0 Å². The van der Waals surface area contributed by atoms with E-state index in [9.17, 15) is 9.90 Å². The van der Waals surface area contributed by atoms with Crippen molar-refractivity contribution in [2.24, 2.45) is 0 Å². The van der Waals surface area contributed by atoms with Gasteiger partial charge in [0.25, 0.3) is 0 Å². The van der Waals surface area contributed by atoms with E-state index >= 15 is 0 Å². The van der Waals surface area contributed by atoms with Gasteiger partial charge in [0.2, 0.25) is 0 Å². The molecule has 0 saturated heterocycles. The molecule has 1 aromatic rings. The number of para-hydroxylation sites is 1. The van der Waals surface area contributed by atoms with E-state index in [1.807, 2.05) is 0 Å². The highest BCUT2D eigenvalue weighted by Crippen LogP contribution is 2.27. The Balaban J connectivity index is 1.83. The van der Waals surface area contributed by atoms with Crippen molar-refractivity contribution in [2.45, 2.75) is 37.7 Å². The number of benzene rings is 1. The Morgan fingerprint density at radius 2 is 1.95 bits per heavy atom. The van der Waals surface area contributed by atoms with Gasteiger partial charge in [-0.05, 0) is 25.0 Å². The van der Waals surface area contributed by atoms with Crippen LogP contribution in [0.5, 0.6) is 0 Å². The fourth-order valence-corrected chi connectivity index (χ4v) is 2.54. The van der Waals surface area contributed by atoms with Crippen LogP contribution in [0.2, 0.25) is 5.02 Å². The standard InChI is InChI=1S/C14H19ClN2O2/c15-11-6-2-3-7-12(11)17-13(18)16-10-14(19)8-4-1-5-9-14/h2-3,6-7,19H,1,4-5,8-10H2,(H2,16,17,18). The molecule has 1 fully saturated rings. The Bertz CT molecular complexity index is 445. The van der Waals surface area contributed by atoms with Gasteiger partial charge in [0.1, 0.15) is 0 Å². The quantitative estimate of drug-likeness (QED) is 0.797. The molecule has 1 aliphatic rings. The van der Waals surface area contributed by atoms with Gasteiger partial charge < -0.3 is 15.7 Å². The van der Waals surface area contributed by atoms with Crippen LogP contribution in [0, 0.1) is 0 Å². The Labute approximate surface area is 118 Å². The average molecular weight is 283 g/mol. The Morgan fingerprint density at radius 1 is 1.26 bits per heavy atom. The molecular formula is C14H19ClN2O2. The van der Waals surface area contributed by atoms with Crippen LogP contribution < -0.4 is 10.6 Å². The summed E-state index contributed by atoms with van der Waals surface area (Å²) in [5.74, 6) is 0. The monoisotopic (exact) mass is 282 g/mol. The van der Waals surface area contributed by atoms with Crippen molar-refractivity contribution in [2.75, 3.05) is 11.9 Å². The van der Waals surface area contributed by atoms with Crippen molar-refractivity contribution in [3.63, 3.8) is 0 Å². The third-order valence-corrected chi connectivity index (χ3v) is 3.81. The number of nitrogens with one attached hydrogen (secondary N) is 2. The summed E-state index contributed by atoms with van der Waals surface area (Å²) in [7, 11) is 0. The molecule has 19 heavy (non-hydrogen) atoms. The second-order valence-electron chi connectivity index (χ2n) is 5.07. The minimum Gasteiger partial charge on any atom is -0.388 e. The van der Waals surface area contributed by atoms with E-state index in [1.54, 1.807) is 24.3 Å². The minimum atomic E-state index is -0.754. The number of carbonyl (C=O) groups excluding carboxylic acids is 1. The molecular weight excluding hydrogens is 264 g/mol. The third-order valence-electron chi connectivity index (χ3n) is 3.48. The predicted octanol–water partition coefficient (Wildman–Crippen LogP) is 3.16. The highest BCUT2D eigenvalue weighted by atomic mass is 35.5. The molecule has 5 heteroatoms. The summed E-state index contributed by atoms with van der Waals surface area (Å²) in [6.45, 7) is 0.281. The molecule has 0 radical (unpaired) electrons. The van der Waals surface area contributed by atoms with E-state index in [0.29, 0.717) is 10.7 Å². The summed E-state index contributed by atoms with van der Waals surface area (Å²) < 4.78 is 0. The van der Waals surface area contributed by atoms with E-state index in [2.05, 4.69) is 10.6 Å². The van der Waals surface area contributed by atoms with Crippen molar-refractivity contribution < 1.29 is 9.90 Å². The van der Waals surface area contributed by atoms with Crippen LogP contribution in [-0.4, -0.2) is 23.3 Å². The zero-order valence-corrected chi connectivity index (χ0v) is 11.5. The summed E-state index contributed by atoms with van der Waals surface area (Å²) in [5.41, 5.74) is -0.187. The fourth-order valence-electron chi connectivity index (χ4n) is 2.36. The number of carbonyl (C=O) groups is 1. The number of hydrogen-bond acceptors (Lipinski definition) is 2. The number of urea groups is 1.